The Kier molecular flexibility index (Phi) is 5.38. The van der Waals surface area contributed by atoms with E-state index in [1.54, 1.807) is 19.1 Å². The predicted octanol–water partition coefficient (Wildman–Crippen LogP) is 2.68. The van der Waals surface area contributed by atoms with E-state index in [4.69, 9.17) is 4.74 Å². The molecule has 6 nitrogen and oxygen atoms in total. The molecule has 0 aromatic carbocycles. The van der Waals surface area contributed by atoms with Crippen LogP contribution in [0, 0.1) is 28.6 Å². The fraction of sp³-hybridized carbons (Fsp3) is 0.640. The van der Waals surface area contributed by atoms with E-state index in [9.17, 15) is 24.6 Å². The van der Waals surface area contributed by atoms with E-state index >= 15 is 0 Å². The van der Waals surface area contributed by atoms with Gasteiger partial charge in [0, 0.05) is 22.8 Å². The number of aliphatic hydroxyl groups is 2. The first-order chi connectivity index (χ1) is 14.6. The van der Waals surface area contributed by atoms with Crippen LogP contribution in [0.1, 0.15) is 52.9 Å². The number of aliphatic hydroxyl groups excluding tert-OH is 1. The number of ketones is 2. The zero-order chi connectivity index (χ0) is 22.6. The van der Waals surface area contributed by atoms with Crippen LogP contribution in [0.15, 0.2) is 36.0 Å². The highest BCUT2D eigenvalue weighted by Crippen LogP contribution is 2.67. The molecule has 2 N–H and O–H groups in total. The van der Waals surface area contributed by atoms with Crippen LogP contribution in [0.2, 0.25) is 0 Å². The van der Waals surface area contributed by atoms with Gasteiger partial charge in [-0.25, -0.2) is 4.79 Å². The third-order valence-electron chi connectivity index (χ3n) is 8.76. The van der Waals surface area contributed by atoms with Crippen molar-refractivity contribution in [2.45, 2.75) is 64.6 Å². The molecule has 7 atom stereocenters. The van der Waals surface area contributed by atoms with E-state index in [1.807, 2.05) is 13.0 Å². The SMILES string of the molecule is C/C=C/C(=O)OCC(=O)[C@@]1(O)CC[C@H]2[C@@H]3CCC4=CC(=O)C=C[C@]4(C)[C@H]3[C@H](O)C[C@@]21C. The van der Waals surface area contributed by atoms with Crippen LogP contribution in [0.3, 0.4) is 0 Å². The van der Waals surface area contributed by atoms with E-state index in [2.05, 4.69) is 6.92 Å². The summed E-state index contributed by atoms with van der Waals surface area (Å²) >= 11 is 0. The molecule has 168 valence electrons. The smallest absolute Gasteiger partial charge is 0.330 e. The first-order valence-electron chi connectivity index (χ1n) is 11.2. The fourth-order valence-corrected chi connectivity index (χ4v) is 7.23. The molecule has 0 aliphatic heterocycles. The molecule has 0 amide bonds. The molecule has 4 rings (SSSR count). The molecule has 0 spiro atoms. The summed E-state index contributed by atoms with van der Waals surface area (Å²) in [6, 6.07) is 0. The van der Waals surface area contributed by atoms with Crippen LogP contribution in [-0.4, -0.2) is 46.1 Å². The molecule has 0 aromatic heterocycles. The first kappa shape index (κ1) is 22.2. The summed E-state index contributed by atoms with van der Waals surface area (Å²) in [6.45, 7) is 5.21. The summed E-state index contributed by atoms with van der Waals surface area (Å²) in [5.41, 5.74) is -1.73. The lowest BCUT2D eigenvalue weighted by Crippen LogP contribution is -2.61. The maximum atomic E-state index is 13.0. The molecule has 4 aliphatic rings. The van der Waals surface area contributed by atoms with Gasteiger partial charge in [0.1, 0.15) is 5.60 Å². The largest absolute Gasteiger partial charge is 0.454 e. The molecule has 4 aliphatic carbocycles. The van der Waals surface area contributed by atoms with Gasteiger partial charge >= 0.3 is 5.97 Å². The van der Waals surface area contributed by atoms with Gasteiger partial charge in [-0.1, -0.05) is 31.6 Å². The topological polar surface area (TPSA) is 101 Å². The molecule has 0 unspecified atom stereocenters. The van der Waals surface area contributed by atoms with Crippen molar-refractivity contribution >= 4 is 17.5 Å². The Labute approximate surface area is 183 Å². The molecule has 0 heterocycles. The van der Waals surface area contributed by atoms with Gasteiger partial charge in [0.05, 0.1) is 6.10 Å². The van der Waals surface area contributed by atoms with Gasteiger partial charge in [-0.05, 0) is 63.0 Å². The summed E-state index contributed by atoms with van der Waals surface area (Å²) in [4.78, 5) is 36.6. The monoisotopic (exact) mass is 428 g/mol. The highest BCUT2D eigenvalue weighted by Gasteiger charge is 2.68. The molecule has 3 saturated carbocycles. The number of hydrogen-bond acceptors (Lipinski definition) is 6. The van der Waals surface area contributed by atoms with E-state index in [0.29, 0.717) is 19.3 Å². The number of rotatable bonds is 4. The van der Waals surface area contributed by atoms with Gasteiger partial charge in [-0.15, -0.1) is 0 Å². The zero-order valence-electron chi connectivity index (χ0n) is 18.5. The summed E-state index contributed by atoms with van der Waals surface area (Å²) in [7, 11) is 0. The van der Waals surface area contributed by atoms with E-state index in [0.717, 1.165) is 18.4 Å². The Balaban J connectivity index is 1.61. The Morgan fingerprint density at radius 2 is 2.03 bits per heavy atom. The first-order valence-corrected chi connectivity index (χ1v) is 11.2. The molecular weight excluding hydrogens is 396 g/mol. The minimum Gasteiger partial charge on any atom is -0.454 e. The number of carbonyl (C=O) groups excluding carboxylic acids is 3. The normalized spacial score (nSPS) is 43.8. The molecule has 31 heavy (non-hydrogen) atoms. The molecule has 0 saturated heterocycles. The van der Waals surface area contributed by atoms with Crippen molar-refractivity contribution in [3.63, 3.8) is 0 Å². The van der Waals surface area contributed by atoms with E-state index in [-0.39, 0.29) is 29.0 Å². The van der Waals surface area contributed by atoms with Gasteiger partial charge in [-0.2, -0.15) is 0 Å². The van der Waals surface area contributed by atoms with Gasteiger partial charge in [0.2, 0.25) is 5.78 Å². The van der Waals surface area contributed by atoms with Gasteiger partial charge in [0.25, 0.3) is 0 Å². The number of ether oxygens (including phenoxy) is 1. The number of fused-ring (bicyclic) bond motifs is 5. The lowest BCUT2D eigenvalue weighted by molar-refractivity contribution is -0.180. The van der Waals surface area contributed by atoms with Crippen molar-refractivity contribution in [1.29, 1.82) is 0 Å². The molecule has 0 radical (unpaired) electrons. The Hall–Kier alpha value is -2.05. The number of esters is 1. The lowest BCUT2D eigenvalue weighted by Gasteiger charge is -2.59. The van der Waals surface area contributed by atoms with Crippen molar-refractivity contribution < 1.29 is 29.3 Å². The van der Waals surface area contributed by atoms with Crippen LogP contribution in [0.5, 0.6) is 0 Å². The number of hydrogen-bond donors (Lipinski definition) is 2. The van der Waals surface area contributed by atoms with Crippen molar-refractivity contribution in [3.05, 3.63) is 36.0 Å². The molecule has 6 heteroatoms. The number of carbonyl (C=O) groups is 3. The quantitative estimate of drug-likeness (QED) is 0.527. The van der Waals surface area contributed by atoms with Gasteiger partial charge in [-0.3, -0.25) is 9.59 Å². The van der Waals surface area contributed by atoms with Crippen molar-refractivity contribution in [1.82, 2.24) is 0 Å². The number of allylic oxidation sites excluding steroid dienone is 5. The summed E-state index contributed by atoms with van der Waals surface area (Å²) < 4.78 is 5.03. The highest BCUT2D eigenvalue weighted by atomic mass is 16.5. The van der Waals surface area contributed by atoms with Crippen molar-refractivity contribution in [3.8, 4) is 0 Å². The highest BCUT2D eigenvalue weighted by molar-refractivity contribution is 6.01. The summed E-state index contributed by atoms with van der Waals surface area (Å²) in [5.74, 6) is -0.950. The fourth-order valence-electron chi connectivity index (χ4n) is 7.23. The second-order valence-electron chi connectivity index (χ2n) is 10.1. The predicted molar refractivity (Wildman–Crippen MR) is 114 cm³/mol. The standard InChI is InChI=1S/C25H32O6/c1-4-5-21(29)31-14-20(28)25(30)11-9-18-17-7-6-15-12-16(26)8-10-23(15,2)22(17)19(27)13-24(18,25)3/h4-5,8,10,12,17-19,22,27,30H,6-7,9,11,13-14H2,1-3H3/b5-4+/t17-,18-,19+,22+,23-,24-,25-/m0/s1. The van der Waals surface area contributed by atoms with E-state index in [1.165, 1.54) is 12.2 Å². The third-order valence-corrected chi connectivity index (χ3v) is 8.76. The summed E-state index contributed by atoms with van der Waals surface area (Å²) in [6.07, 6.45) is 10.2. The second-order valence-corrected chi connectivity index (χ2v) is 10.1. The zero-order valence-corrected chi connectivity index (χ0v) is 18.5. The lowest BCUT2D eigenvalue weighted by atomic mass is 9.46. The van der Waals surface area contributed by atoms with E-state index < -0.39 is 35.5 Å². The number of Topliss-reactive ketones (excluding diaryl/α,β-unsaturated/α-hetero) is 1. The van der Waals surface area contributed by atoms with Crippen LogP contribution < -0.4 is 0 Å². The molecular formula is C25H32O6. The molecule has 3 fully saturated rings. The van der Waals surface area contributed by atoms with Crippen LogP contribution in [-0.2, 0) is 19.1 Å². The Bertz CT molecular complexity index is 900. The molecule has 0 aromatic rings. The van der Waals surface area contributed by atoms with Crippen molar-refractivity contribution in [2.24, 2.45) is 28.6 Å². The minimum absolute atomic E-state index is 0.00522. The van der Waals surface area contributed by atoms with Crippen LogP contribution in [0.4, 0.5) is 0 Å². The maximum Gasteiger partial charge on any atom is 0.330 e. The van der Waals surface area contributed by atoms with Gasteiger partial charge < -0.3 is 14.9 Å². The summed E-state index contributed by atoms with van der Waals surface area (Å²) in [5, 5.41) is 22.9. The average molecular weight is 429 g/mol. The Morgan fingerprint density at radius 3 is 2.74 bits per heavy atom. The molecule has 0 bridgehead atoms. The second kappa shape index (κ2) is 7.52. The van der Waals surface area contributed by atoms with Crippen LogP contribution >= 0.6 is 0 Å². The average Bonchev–Trinajstić information content (AvgIpc) is 2.98. The third kappa shape index (κ3) is 3.18. The van der Waals surface area contributed by atoms with Crippen LogP contribution in [0.25, 0.3) is 0 Å². The minimum atomic E-state index is -1.63. The van der Waals surface area contributed by atoms with Crippen molar-refractivity contribution in [2.75, 3.05) is 6.61 Å². The van der Waals surface area contributed by atoms with Gasteiger partial charge in [0.15, 0.2) is 12.4 Å². The maximum absolute atomic E-state index is 13.0. The Morgan fingerprint density at radius 1 is 1.29 bits per heavy atom.